The van der Waals surface area contributed by atoms with E-state index in [1.807, 2.05) is 17.2 Å². The normalized spacial score (nSPS) is 14.1. The number of rotatable bonds is 7. The van der Waals surface area contributed by atoms with Crippen molar-refractivity contribution in [1.82, 2.24) is 20.5 Å². The number of benzene rings is 1. The zero-order chi connectivity index (χ0) is 19.1. The molecule has 1 aliphatic rings. The minimum absolute atomic E-state index is 0. The average molecular weight is 513 g/mol. The van der Waals surface area contributed by atoms with Crippen molar-refractivity contribution in [1.29, 1.82) is 0 Å². The smallest absolute Gasteiger partial charge is 0.222 e. The van der Waals surface area contributed by atoms with Crippen molar-refractivity contribution in [2.75, 3.05) is 13.1 Å². The SMILES string of the molecule is CCNC(=NCc1cccc(CN2CCCC2=O)c1)NCc1ncc(C)s1.I. The third-order valence-corrected chi connectivity index (χ3v) is 5.29. The van der Waals surface area contributed by atoms with Crippen LogP contribution in [0.3, 0.4) is 0 Å². The molecular weight excluding hydrogens is 485 g/mol. The Morgan fingerprint density at radius 2 is 2.14 bits per heavy atom. The van der Waals surface area contributed by atoms with Gasteiger partial charge in [0.25, 0.3) is 0 Å². The lowest BCUT2D eigenvalue weighted by atomic mass is 10.1. The highest BCUT2D eigenvalue weighted by Crippen LogP contribution is 2.15. The van der Waals surface area contributed by atoms with Crippen LogP contribution in [0.1, 0.15) is 40.8 Å². The molecule has 0 radical (unpaired) electrons. The Kier molecular flexibility index (Phi) is 9.17. The fraction of sp³-hybridized carbons (Fsp3) is 0.450. The van der Waals surface area contributed by atoms with E-state index in [1.165, 1.54) is 4.88 Å². The van der Waals surface area contributed by atoms with Crippen molar-refractivity contribution in [3.63, 3.8) is 0 Å². The molecule has 8 heteroatoms. The van der Waals surface area contributed by atoms with Crippen molar-refractivity contribution in [3.05, 3.63) is 51.5 Å². The third-order valence-electron chi connectivity index (χ3n) is 4.38. The Balaban J connectivity index is 0.00000280. The highest BCUT2D eigenvalue weighted by Gasteiger charge is 2.19. The summed E-state index contributed by atoms with van der Waals surface area (Å²) in [5.41, 5.74) is 2.30. The standard InChI is InChI=1S/C20H27N5OS.HI/c1-3-21-20(24-13-18-22-11-15(2)27-18)23-12-16-6-4-7-17(10-16)14-25-9-5-8-19(25)26;/h4,6-7,10-11H,3,5,8-9,12-14H2,1-2H3,(H2,21,23,24);1H. The number of carbonyl (C=O) groups is 1. The molecule has 2 heterocycles. The number of hydrogen-bond acceptors (Lipinski definition) is 4. The van der Waals surface area contributed by atoms with Gasteiger partial charge < -0.3 is 15.5 Å². The van der Waals surface area contributed by atoms with E-state index in [9.17, 15) is 4.79 Å². The molecule has 28 heavy (non-hydrogen) atoms. The molecule has 1 amide bonds. The molecule has 3 rings (SSSR count). The van der Waals surface area contributed by atoms with Crippen LogP contribution in [0.15, 0.2) is 35.5 Å². The number of aliphatic imine (C=N–C) groups is 1. The minimum atomic E-state index is 0. The van der Waals surface area contributed by atoms with E-state index in [-0.39, 0.29) is 29.9 Å². The van der Waals surface area contributed by atoms with Crippen LogP contribution in [0.2, 0.25) is 0 Å². The molecule has 0 saturated carbocycles. The number of amides is 1. The lowest BCUT2D eigenvalue weighted by Crippen LogP contribution is -2.36. The molecule has 152 valence electrons. The quantitative estimate of drug-likeness (QED) is 0.338. The second-order valence-electron chi connectivity index (χ2n) is 6.65. The fourth-order valence-electron chi connectivity index (χ4n) is 3.07. The van der Waals surface area contributed by atoms with Gasteiger partial charge in [0.2, 0.25) is 5.91 Å². The summed E-state index contributed by atoms with van der Waals surface area (Å²) in [7, 11) is 0. The lowest BCUT2D eigenvalue weighted by Gasteiger charge is -2.16. The van der Waals surface area contributed by atoms with Gasteiger partial charge in [-0.3, -0.25) is 4.79 Å². The number of hydrogen-bond donors (Lipinski definition) is 2. The van der Waals surface area contributed by atoms with Gasteiger partial charge in [-0.25, -0.2) is 9.98 Å². The average Bonchev–Trinajstić information content (AvgIpc) is 3.26. The van der Waals surface area contributed by atoms with Gasteiger partial charge in [-0.15, -0.1) is 35.3 Å². The molecule has 1 aromatic carbocycles. The van der Waals surface area contributed by atoms with Crippen molar-refractivity contribution >= 4 is 47.2 Å². The molecule has 1 aromatic heterocycles. The van der Waals surface area contributed by atoms with E-state index in [1.54, 1.807) is 11.3 Å². The first-order valence-electron chi connectivity index (χ1n) is 9.43. The van der Waals surface area contributed by atoms with Crippen molar-refractivity contribution in [2.24, 2.45) is 4.99 Å². The first-order chi connectivity index (χ1) is 13.1. The highest BCUT2D eigenvalue weighted by atomic mass is 127. The largest absolute Gasteiger partial charge is 0.357 e. The maximum absolute atomic E-state index is 11.8. The number of nitrogens with zero attached hydrogens (tertiary/aromatic N) is 3. The zero-order valence-corrected chi connectivity index (χ0v) is 19.5. The van der Waals surface area contributed by atoms with Crippen LogP contribution < -0.4 is 10.6 Å². The predicted molar refractivity (Wildman–Crippen MR) is 125 cm³/mol. The molecule has 0 atom stereocenters. The number of aryl methyl sites for hydroxylation is 1. The maximum atomic E-state index is 11.8. The summed E-state index contributed by atoms with van der Waals surface area (Å²) in [5, 5.41) is 7.66. The lowest BCUT2D eigenvalue weighted by molar-refractivity contribution is -0.128. The van der Waals surface area contributed by atoms with Crippen LogP contribution in [0, 0.1) is 6.92 Å². The molecule has 2 aromatic rings. The molecule has 1 aliphatic heterocycles. The van der Waals surface area contributed by atoms with Crippen molar-refractivity contribution in [2.45, 2.75) is 46.3 Å². The number of carbonyl (C=O) groups excluding carboxylic acids is 1. The first kappa shape index (κ1) is 22.6. The van der Waals surface area contributed by atoms with Gasteiger partial charge in [-0.2, -0.15) is 0 Å². The Morgan fingerprint density at radius 3 is 2.82 bits per heavy atom. The van der Waals surface area contributed by atoms with Crippen LogP contribution in [-0.4, -0.2) is 34.8 Å². The molecule has 6 nitrogen and oxygen atoms in total. The van der Waals surface area contributed by atoms with E-state index in [0.717, 1.165) is 41.6 Å². The van der Waals surface area contributed by atoms with E-state index in [4.69, 9.17) is 0 Å². The van der Waals surface area contributed by atoms with Gasteiger partial charge in [0, 0.05) is 37.1 Å². The van der Waals surface area contributed by atoms with Gasteiger partial charge in [-0.05, 0) is 31.4 Å². The van der Waals surface area contributed by atoms with Gasteiger partial charge in [0.1, 0.15) is 5.01 Å². The number of likely N-dealkylation sites (tertiary alicyclic amines) is 1. The topological polar surface area (TPSA) is 69.6 Å². The maximum Gasteiger partial charge on any atom is 0.222 e. The van der Waals surface area contributed by atoms with Gasteiger partial charge in [-0.1, -0.05) is 24.3 Å². The summed E-state index contributed by atoms with van der Waals surface area (Å²) in [5.74, 6) is 1.04. The Bertz CT molecular complexity index is 807. The predicted octanol–water partition coefficient (Wildman–Crippen LogP) is 3.45. The first-order valence-corrected chi connectivity index (χ1v) is 10.2. The van der Waals surface area contributed by atoms with Crippen molar-refractivity contribution < 1.29 is 4.79 Å². The number of thiazole rings is 1. The molecule has 1 fully saturated rings. The zero-order valence-electron chi connectivity index (χ0n) is 16.4. The summed E-state index contributed by atoms with van der Waals surface area (Å²) < 4.78 is 0. The molecule has 0 bridgehead atoms. The molecule has 2 N–H and O–H groups in total. The highest BCUT2D eigenvalue weighted by molar-refractivity contribution is 14.0. The van der Waals surface area contributed by atoms with Crippen LogP contribution in [0.5, 0.6) is 0 Å². The summed E-state index contributed by atoms with van der Waals surface area (Å²) in [4.78, 5) is 24.0. The van der Waals surface area contributed by atoms with E-state index >= 15 is 0 Å². The van der Waals surface area contributed by atoms with Gasteiger partial charge in [0.05, 0.1) is 13.1 Å². The molecule has 0 unspecified atom stereocenters. The van der Waals surface area contributed by atoms with E-state index in [0.29, 0.717) is 26.1 Å². The Hall–Kier alpha value is -1.68. The summed E-state index contributed by atoms with van der Waals surface area (Å²) in [6.45, 7) is 7.74. The number of halogens is 1. The van der Waals surface area contributed by atoms with Crippen LogP contribution in [-0.2, 0) is 24.4 Å². The van der Waals surface area contributed by atoms with Gasteiger partial charge in [0.15, 0.2) is 5.96 Å². The second kappa shape index (κ2) is 11.4. The number of nitrogens with one attached hydrogen (secondary N) is 2. The van der Waals surface area contributed by atoms with Crippen molar-refractivity contribution in [3.8, 4) is 0 Å². The van der Waals surface area contributed by atoms with Crippen LogP contribution in [0.25, 0.3) is 0 Å². The Morgan fingerprint density at radius 1 is 1.32 bits per heavy atom. The molecule has 1 saturated heterocycles. The summed E-state index contributed by atoms with van der Waals surface area (Å²) >= 11 is 1.69. The summed E-state index contributed by atoms with van der Waals surface area (Å²) in [6.07, 6.45) is 3.54. The second-order valence-corrected chi connectivity index (χ2v) is 7.97. The minimum Gasteiger partial charge on any atom is -0.357 e. The van der Waals surface area contributed by atoms with Crippen LogP contribution >= 0.6 is 35.3 Å². The fourth-order valence-corrected chi connectivity index (χ4v) is 3.80. The number of aromatic nitrogens is 1. The van der Waals surface area contributed by atoms with E-state index in [2.05, 4.69) is 52.7 Å². The van der Waals surface area contributed by atoms with Gasteiger partial charge >= 0.3 is 0 Å². The number of guanidine groups is 1. The van der Waals surface area contributed by atoms with E-state index < -0.39 is 0 Å². The molecular formula is C20H28IN5OS. The summed E-state index contributed by atoms with van der Waals surface area (Å²) in [6, 6.07) is 8.34. The molecule has 0 aliphatic carbocycles. The van der Waals surface area contributed by atoms with Crippen LogP contribution in [0.4, 0.5) is 0 Å². The third kappa shape index (κ3) is 6.73. The molecule has 0 spiro atoms. The Labute approximate surface area is 187 Å². The monoisotopic (exact) mass is 513 g/mol.